The first-order valence-corrected chi connectivity index (χ1v) is 6.29. The van der Waals surface area contributed by atoms with E-state index in [4.69, 9.17) is 5.21 Å². The van der Waals surface area contributed by atoms with Crippen LogP contribution in [0.2, 0.25) is 0 Å². The van der Waals surface area contributed by atoms with Crippen LogP contribution in [0.1, 0.15) is 10.4 Å². The lowest BCUT2D eigenvalue weighted by Gasteiger charge is -1.94. The minimum absolute atomic E-state index is 0. The van der Waals surface area contributed by atoms with Crippen molar-refractivity contribution in [2.75, 3.05) is 0 Å². The first-order valence-electron chi connectivity index (χ1n) is 4.68. The van der Waals surface area contributed by atoms with E-state index in [2.05, 4.69) is 31.7 Å². The third-order valence-corrected chi connectivity index (χ3v) is 3.66. The molecule has 0 saturated carbocycles. The van der Waals surface area contributed by atoms with E-state index in [-0.39, 0.29) is 12.4 Å². The number of oxime groups is 1. The van der Waals surface area contributed by atoms with Crippen molar-refractivity contribution < 1.29 is 22.2 Å². The number of thiophene rings is 1. The minimum atomic E-state index is 0. The zero-order valence-corrected chi connectivity index (χ0v) is 11.9. The Hall–Kier alpha value is -0.910. The zero-order chi connectivity index (χ0) is 11.4. The van der Waals surface area contributed by atoms with Crippen molar-refractivity contribution in [3.8, 4) is 0 Å². The Labute approximate surface area is 118 Å². The Bertz CT molecular complexity index is 516. The number of halogens is 2. The van der Waals surface area contributed by atoms with Crippen LogP contribution < -0.4 is 17.0 Å². The minimum Gasteiger partial charge on any atom is -1.00 e. The summed E-state index contributed by atoms with van der Waals surface area (Å²) in [5.41, 5.74) is 0.876. The molecule has 0 aromatic carbocycles. The van der Waals surface area contributed by atoms with Gasteiger partial charge in [-0.2, -0.15) is 4.57 Å². The predicted octanol–water partition coefficient (Wildman–Crippen LogP) is -0.341. The monoisotopic (exact) mass is 332 g/mol. The summed E-state index contributed by atoms with van der Waals surface area (Å²) < 4.78 is 3.19. The van der Waals surface area contributed by atoms with Crippen LogP contribution in [0.3, 0.4) is 0 Å². The predicted molar refractivity (Wildman–Crippen MR) is 67.1 cm³/mol. The summed E-state index contributed by atoms with van der Waals surface area (Å²) >= 11 is 5.15. The molecular weight excluding hydrogens is 324 g/mol. The molecular formula is C11H10BrClN2OS. The van der Waals surface area contributed by atoms with Gasteiger partial charge in [-0.05, 0) is 34.1 Å². The largest absolute Gasteiger partial charge is 1.00 e. The molecule has 3 nitrogen and oxygen atoms in total. The number of rotatable bonds is 3. The van der Waals surface area contributed by atoms with Crippen LogP contribution in [0, 0.1) is 0 Å². The lowest BCUT2D eigenvalue weighted by molar-refractivity contribution is -0.687. The van der Waals surface area contributed by atoms with Crippen LogP contribution in [-0.2, 0) is 6.54 Å². The molecule has 0 spiro atoms. The molecule has 0 aliphatic heterocycles. The lowest BCUT2D eigenvalue weighted by Crippen LogP contribution is -3.00. The van der Waals surface area contributed by atoms with Crippen molar-refractivity contribution in [3.05, 3.63) is 50.9 Å². The highest BCUT2D eigenvalue weighted by molar-refractivity contribution is 9.11. The fraction of sp³-hybridized carbons (Fsp3) is 0.0909. The van der Waals surface area contributed by atoms with E-state index in [0.29, 0.717) is 0 Å². The first kappa shape index (κ1) is 14.2. The lowest BCUT2D eigenvalue weighted by atomic mass is 10.3. The van der Waals surface area contributed by atoms with E-state index >= 15 is 0 Å². The van der Waals surface area contributed by atoms with Gasteiger partial charge in [0.1, 0.15) is 0 Å². The second-order valence-corrected chi connectivity index (χ2v) is 5.81. The van der Waals surface area contributed by atoms with Crippen molar-refractivity contribution in [1.29, 1.82) is 0 Å². The maximum absolute atomic E-state index is 8.46. The number of nitrogens with zero attached hydrogens (tertiary/aromatic N) is 2. The normalized spacial score (nSPS) is 10.4. The number of hydrogen-bond acceptors (Lipinski definition) is 3. The fourth-order valence-electron chi connectivity index (χ4n) is 1.40. The first-order chi connectivity index (χ1) is 7.78. The highest BCUT2D eigenvalue weighted by Crippen LogP contribution is 2.21. The van der Waals surface area contributed by atoms with Crippen molar-refractivity contribution in [2.24, 2.45) is 5.16 Å². The molecule has 2 rings (SSSR count). The average Bonchev–Trinajstić information content (AvgIpc) is 2.65. The van der Waals surface area contributed by atoms with E-state index in [1.54, 1.807) is 11.3 Å². The molecule has 0 unspecified atom stereocenters. The van der Waals surface area contributed by atoms with Gasteiger partial charge in [0.05, 0.1) is 20.4 Å². The second-order valence-electron chi connectivity index (χ2n) is 3.26. The van der Waals surface area contributed by atoms with Crippen LogP contribution in [0.5, 0.6) is 0 Å². The number of hydrogen-bond donors (Lipinski definition) is 1. The maximum Gasteiger partial charge on any atom is 0.182 e. The van der Waals surface area contributed by atoms with Gasteiger partial charge in [-0.25, -0.2) is 0 Å². The average molecular weight is 334 g/mol. The molecule has 1 N–H and O–H groups in total. The molecule has 0 amide bonds. The number of aromatic nitrogens is 1. The third kappa shape index (κ3) is 4.11. The van der Waals surface area contributed by atoms with Crippen LogP contribution in [-0.4, -0.2) is 11.4 Å². The summed E-state index contributed by atoms with van der Waals surface area (Å²) in [6, 6.07) is 7.95. The van der Waals surface area contributed by atoms with Crippen LogP contribution in [0.4, 0.5) is 0 Å². The van der Waals surface area contributed by atoms with E-state index in [9.17, 15) is 0 Å². The Kier molecular flexibility index (Phi) is 5.61. The Morgan fingerprint density at radius 1 is 1.41 bits per heavy atom. The zero-order valence-electron chi connectivity index (χ0n) is 8.75. The van der Waals surface area contributed by atoms with E-state index in [1.807, 2.05) is 30.6 Å². The van der Waals surface area contributed by atoms with Gasteiger partial charge in [0.2, 0.25) is 0 Å². The molecule has 17 heavy (non-hydrogen) atoms. The number of pyridine rings is 1. The summed E-state index contributed by atoms with van der Waals surface area (Å²) in [6.07, 6.45) is 5.34. The summed E-state index contributed by atoms with van der Waals surface area (Å²) in [6.45, 7) is 0.823. The van der Waals surface area contributed by atoms with E-state index in [1.165, 1.54) is 11.1 Å². The quantitative estimate of drug-likeness (QED) is 0.355. The van der Waals surface area contributed by atoms with Crippen molar-refractivity contribution in [3.63, 3.8) is 0 Å². The SMILES string of the molecule is O/N=C/c1ccc[n+](Cc2ccc(Br)s2)c1.[Cl-]. The molecule has 0 aliphatic rings. The smallest absolute Gasteiger partial charge is 0.182 e. The Balaban J connectivity index is 0.00000144. The summed E-state index contributed by atoms with van der Waals surface area (Å²) in [7, 11) is 0. The topological polar surface area (TPSA) is 36.5 Å². The van der Waals surface area contributed by atoms with Crippen molar-refractivity contribution in [1.82, 2.24) is 0 Å². The van der Waals surface area contributed by atoms with Gasteiger partial charge in [0.25, 0.3) is 0 Å². The van der Waals surface area contributed by atoms with Gasteiger partial charge in [0, 0.05) is 6.07 Å². The maximum atomic E-state index is 8.46. The van der Waals surface area contributed by atoms with Gasteiger partial charge < -0.3 is 17.6 Å². The van der Waals surface area contributed by atoms with Crippen molar-refractivity contribution >= 4 is 33.5 Å². The molecule has 0 bridgehead atoms. The molecule has 0 fully saturated rings. The van der Waals surface area contributed by atoms with Gasteiger partial charge in [0.15, 0.2) is 18.9 Å². The molecule has 90 valence electrons. The van der Waals surface area contributed by atoms with E-state index in [0.717, 1.165) is 15.9 Å². The van der Waals surface area contributed by atoms with Gasteiger partial charge in [-0.3, -0.25) is 0 Å². The third-order valence-electron chi connectivity index (χ3n) is 2.06. The second kappa shape index (κ2) is 6.74. The van der Waals surface area contributed by atoms with E-state index < -0.39 is 0 Å². The summed E-state index contributed by atoms with van der Waals surface area (Å²) in [4.78, 5) is 1.27. The van der Waals surface area contributed by atoms with Crippen molar-refractivity contribution in [2.45, 2.75) is 6.54 Å². The standard InChI is InChI=1S/C11H9BrN2OS.ClH/c12-11-4-3-10(16-11)8-14-5-1-2-9(7-14)6-13-15;/h1-7H,8H2;1H/b13-6+;. The van der Waals surface area contributed by atoms with Crippen LogP contribution in [0.25, 0.3) is 0 Å². The molecule has 0 aliphatic carbocycles. The van der Waals surface area contributed by atoms with Gasteiger partial charge in [-0.1, -0.05) is 5.16 Å². The molecule has 2 aromatic heterocycles. The summed E-state index contributed by atoms with van der Waals surface area (Å²) in [5.74, 6) is 0. The van der Waals surface area contributed by atoms with Gasteiger partial charge in [-0.15, -0.1) is 11.3 Å². The molecule has 2 heterocycles. The van der Waals surface area contributed by atoms with Crippen LogP contribution >= 0.6 is 27.3 Å². The van der Waals surface area contributed by atoms with Gasteiger partial charge >= 0.3 is 0 Å². The Morgan fingerprint density at radius 2 is 2.24 bits per heavy atom. The molecule has 0 atom stereocenters. The summed E-state index contributed by atoms with van der Waals surface area (Å²) in [5, 5.41) is 11.5. The molecule has 6 heteroatoms. The highest BCUT2D eigenvalue weighted by Gasteiger charge is 2.05. The molecule has 0 radical (unpaired) electrons. The fourth-order valence-corrected chi connectivity index (χ4v) is 2.89. The van der Waals surface area contributed by atoms with Crippen LogP contribution in [0.15, 0.2) is 45.6 Å². The highest BCUT2D eigenvalue weighted by atomic mass is 79.9. The molecule has 2 aromatic rings. The molecule has 0 saturated heterocycles. The Morgan fingerprint density at radius 3 is 2.88 bits per heavy atom.